The predicted octanol–water partition coefficient (Wildman–Crippen LogP) is 7.42. The number of carbonyl (C=O) groups excluding carboxylic acids is 4. The fourth-order valence-corrected chi connectivity index (χ4v) is 8.97. The second-order valence-corrected chi connectivity index (χ2v) is 13.7. The van der Waals surface area contributed by atoms with Crippen LogP contribution in [0.1, 0.15) is 36.8 Å². The Kier molecular flexibility index (Phi) is 6.76. The summed E-state index contributed by atoms with van der Waals surface area (Å²) in [6.45, 7) is 5.52. The van der Waals surface area contributed by atoms with E-state index in [1.165, 1.54) is 17.0 Å². The van der Waals surface area contributed by atoms with E-state index in [1.54, 1.807) is 49.4 Å². The SMILES string of the molecule is C=Cc1ccc(N2C(=O)C3CC=C4C(CC5C(=O)N(c6ccc(F)c(Cl)c6)C(=O)C5(C)C4c4c(O)ccc5ccccc45)C3C2=O)cc1. The van der Waals surface area contributed by atoms with Crippen LogP contribution < -0.4 is 9.80 Å². The summed E-state index contributed by atoms with van der Waals surface area (Å²) in [7, 11) is 0. The van der Waals surface area contributed by atoms with E-state index in [9.17, 15) is 28.7 Å². The van der Waals surface area contributed by atoms with Crippen molar-refractivity contribution in [3.8, 4) is 5.75 Å². The molecule has 2 aliphatic carbocycles. The Bertz CT molecular complexity index is 2140. The number of fused-ring (bicyclic) bond motifs is 5. The monoisotopic (exact) mass is 660 g/mol. The van der Waals surface area contributed by atoms with Crippen molar-refractivity contribution in [2.45, 2.75) is 25.7 Å². The van der Waals surface area contributed by atoms with E-state index in [4.69, 9.17) is 11.6 Å². The number of nitrogens with zero attached hydrogens (tertiary/aromatic N) is 2. The fraction of sp³-hybridized carbons (Fsp3) is 0.231. The zero-order valence-electron chi connectivity index (χ0n) is 25.9. The van der Waals surface area contributed by atoms with Crippen LogP contribution in [-0.2, 0) is 19.2 Å². The summed E-state index contributed by atoms with van der Waals surface area (Å²) < 4.78 is 14.2. The lowest BCUT2D eigenvalue weighted by molar-refractivity contribution is -0.131. The highest BCUT2D eigenvalue weighted by Gasteiger charge is 2.68. The molecule has 0 aromatic heterocycles. The number of hydrogen-bond donors (Lipinski definition) is 1. The Morgan fingerprint density at radius 2 is 1.62 bits per heavy atom. The number of anilines is 2. The van der Waals surface area contributed by atoms with E-state index < -0.39 is 52.6 Å². The van der Waals surface area contributed by atoms with Gasteiger partial charge in [-0.25, -0.2) is 9.29 Å². The lowest BCUT2D eigenvalue weighted by Crippen LogP contribution is -2.49. The number of phenolic OH excluding ortho intramolecular Hbond substituents is 1. The van der Waals surface area contributed by atoms with Crippen LogP contribution in [0.3, 0.4) is 0 Å². The average molecular weight is 661 g/mol. The summed E-state index contributed by atoms with van der Waals surface area (Å²) in [4.78, 5) is 59.7. The molecule has 240 valence electrons. The van der Waals surface area contributed by atoms with E-state index in [2.05, 4.69) is 6.58 Å². The number of rotatable bonds is 4. The molecule has 1 N–H and O–H groups in total. The van der Waals surface area contributed by atoms with E-state index in [0.29, 0.717) is 16.6 Å². The molecule has 6 unspecified atom stereocenters. The fourth-order valence-electron chi connectivity index (χ4n) is 8.79. The molecule has 2 heterocycles. The molecule has 3 fully saturated rings. The van der Waals surface area contributed by atoms with Gasteiger partial charge in [0.15, 0.2) is 0 Å². The predicted molar refractivity (Wildman–Crippen MR) is 181 cm³/mol. The summed E-state index contributed by atoms with van der Waals surface area (Å²) in [5, 5.41) is 12.9. The molecule has 2 aliphatic heterocycles. The highest BCUT2D eigenvalue weighted by Crippen LogP contribution is 2.65. The zero-order chi connectivity index (χ0) is 33.6. The molecule has 1 saturated carbocycles. The van der Waals surface area contributed by atoms with Crippen LogP contribution in [0.4, 0.5) is 15.8 Å². The summed E-state index contributed by atoms with van der Waals surface area (Å²) in [5.74, 6) is -6.07. The molecule has 4 amide bonds. The second kappa shape index (κ2) is 10.7. The quantitative estimate of drug-likeness (QED) is 0.182. The van der Waals surface area contributed by atoms with Crippen LogP contribution in [-0.4, -0.2) is 28.7 Å². The van der Waals surface area contributed by atoms with Crippen molar-refractivity contribution in [1.82, 2.24) is 0 Å². The Morgan fingerprint density at radius 3 is 2.35 bits per heavy atom. The van der Waals surface area contributed by atoms with E-state index in [-0.39, 0.29) is 41.1 Å². The van der Waals surface area contributed by atoms with Gasteiger partial charge < -0.3 is 5.11 Å². The van der Waals surface area contributed by atoms with Gasteiger partial charge in [-0.1, -0.05) is 78.4 Å². The molecule has 6 atom stereocenters. The summed E-state index contributed by atoms with van der Waals surface area (Å²) in [6, 6.07) is 21.6. The van der Waals surface area contributed by atoms with Crippen LogP contribution in [0.25, 0.3) is 16.8 Å². The van der Waals surface area contributed by atoms with Crippen molar-refractivity contribution in [1.29, 1.82) is 0 Å². The van der Waals surface area contributed by atoms with Crippen LogP contribution in [0.15, 0.2) is 97.1 Å². The Labute approximate surface area is 280 Å². The number of aromatic hydroxyl groups is 1. The van der Waals surface area contributed by atoms with Crippen molar-refractivity contribution >= 4 is 63.5 Å². The smallest absolute Gasteiger partial charge is 0.241 e. The van der Waals surface area contributed by atoms with E-state index in [1.807, 2.05) is 30.3 Å². The molecule has 48 heavy (non-hydrogen) atoms. The molecule has 4 aromatic rings. The minimum absolute atomic E-state index is 0.0383. The Hall–Kier alpha value is -5.08. The number of allylic oxidation sites excluding steroid dienone is 2. The minimum atomic E-state index is -1.39. The standard InChI is InChI=1S/C39H30ClFN2O5/c1-3-20-8-11-22(12-9-20)42-35(45)26-15-14-25-27(32(26)37(42)47)19-28-36(46)43(23-13-16-30(41)29(40)18-23)38(48)39(28,2)34(25)33-24-7-5-4-6-21(24)10-17-31(33)44/h3-14,16-18,26-28,32,34,44H,1,15,19H2,2H3. The molecule has 9 heteroatoms. The third-order valence-electron chi connectivity index (χ3n) is 11.1. The summed E-state index contributed by atoms with van der Waals surface area (Å²) >= 11 is 6.11. The van der Waals surface area contributed by atoms with Crippen molar-refractivity contribution in [3.63, 3.8) is 0 Å². The first-order chi connectivity index (χ1) is 23.1. The molecule has 4 aromatic carbocycles. The number of carbonyl (C=O) groups is 4. The van der Waals surface area contributed by atoms with Gasteiger partial charge in [-0.3, -0.25) is 24.1 Å². The van der Waals surface area contributed by atoms with Crippen LogP contribution in [0, 0.1) is 34.9 Å². The zero-order valence-corrected chi connectivity index (χ0v) is 26.7. The van der Waals surface area contributed by atoms with Gasteiger partial charge in [0.1, 0.15) is 11.6 Å². The van der Waals surface area contributed by atoms with Crippen molar-refractivity contribution in [3.05, 3.63) is 119 Å². The van der Waals surface area contributed by atoms with Gasteiger partial charge in [0.2, 0.25) is 23.6 Å². The number of imide groups is 2. The Balaban J connectivity index is 1.31. The number of amides is 4. The first kappa shape index (κ1) is 30.3. The largest absolute Gasteiger partial charge is 0.508 e. The highest BCUT2D eigenvalue weighted by atomic mass is 35.5. The van der Waals surface area contributed by atoms with Gasteiger partial charge in [-0.2, -0.15) is 0 Å². The van der Waals surface area contributed by atoms with Crippen molar-refractivity contribution in [2.24, 2.45) is 29.1 Å². The molecule has 0 spiro atoms. The van der Waals surface area contributed by atoms with Crippen LogP contribution >= 0.6 is 11.6 Å². The topological polar surface area (TPSA) is 95.0 Å². The third-order valence-corrected chi connectivity index (χ3v) is 11.3. The first-order valence-corrected chi connectivity index (χ1v) is 16.3. The maximum absolute atomic E-state index is 14.7. The molecular weight excluding hydrogens is 631 g/mol. The number of phenols is 1. The average Bonchev–Trinajstić information content (AvgIpc) is 3.46. The minimum Gasteiger partial charge on any atom is -0.508 e. The summed E-state index contributed by atoms with van der Waals surface area (Å²) in [5.41, 5.74) is 1.31. The molecule has 0 bridgehead atoms. The molecule has 4 aliphatic rings. The normalized spacial score (nSPS) is 28.0. The number of halogens is 2. The van der Waals surface area contributed by atoms with Gasteiger partial charge in [0.25, 0.3) is 0 Å². The van der Waals surface area contributed by atoms with Crippen molar-refractivity contribution < 1.29 is 28.7 Å². The van der Waals surface area contributed by atoms with E-state index in [0.717, 1.165) is 27.5 Å². The Morgan fingerprint density at radius 1 is 0.896 bits per heavy atom. The summed E-state index contributed by atoms with van der Waals surface area (Å²) in [6.07, 6.45) is 4.04. The van der Waals surface area contributed by atoms with Gasteiger partial charge in [0.05, 0.1) is 39.6 Å². The third kappa shape index (κ3) is 4.05. The lowest BCUT2D eigenvalue weighted by Gasteiger charge is -2.49. The molecule has 8 rings (SSSR count). The van der Waals surface area contributed by atoms with Crippen LogP contribution in [0.5, 0.6) is 5.75 Å². The molecule has 7 nitrogen and oxygen atoms in total. The van der Waals surface area contributed by atoms with Crippen molar-refractivity contribution in [2.75, 3.05) is 9.80 Å². The highest BCUT2D eigenvalue weighted by molar-refractivity contribution is 6.32. The van der Waals surface area contributed by atoms with Gasteiger partial charge in [-0.15, -0.1) is 0 Å². The van der Waals surface area contributed by atoms with Gasteiger partial charge >= 0.3 is 0 Å². The first-order valence-electron chi connectivity index (χ1n) is 15.9. The number of benzene rings is 4. The maximum Gasteiger partial charge on any atom is 0.241 e. The van der Waals surface area contributed by atoms with Gasteiger partial charge in [-0.05, 0) is 78.4 Å². The van der Waals surface area contributed by atoms with Crippen LogP contribution in [0.2, 0.25) is 5.02 Å². The van der Waals surface area contributed by atoms with Gasteiger partial charge in [0, 0.05) is 11.5 Å². The second-order valence-electron chi connectivity index (χ2n) is 13.3. The number of hydrogen-bond acceptors (Lipinski definition) is 5. The lowest BCUT2D eigenvalue weighted by atomic mass is 9.51. The molecule has 2 saturated heterocycles. The van der Waals surface area contributed by atoms with E-state index >= 15 is 0 Å². The molecule has 0 radical (unpaired) electrons. The maximum atomic E-state index is 14.7. The molecular formula is C39H30ClFN2O5.